The lowest BCUT2D eigenvalue weighted by molar-refractivity contribution is -0.138. The normalized spacial score (nSPS) is 38.6. The number of hydrogen-bond donors (Lipinski definition) is 0. The Morgan fingerprint density at radius 3 is 2.35 bits per heavy atom. The molecular formula is C19H21NO3. The van der Waals surface area contributed by atoms with Crippen LogP contribution in [0.15, 0.2) is 18.2 Å². The van der Waals surface area contributed by atoms with E-state index in [9.17, 15) is 14.4 Å². The van der Waals surface area contributed by atoms with Crippen molar-refractivity contribution in [1.82, 2.24) is 0 Å². The van der Waals surface area contributed by atoms with Crippen LogP contribution in [0.3, 0.4) is 0 Å². The third-order valence-electron chi connectivity index (χ3n) is 6.31. The van der Waals surface area contributed by atoms with Gasteiger partial charge in [0.15, 0.2) is 0 Å². The van der Waals surface area contributed by atoms with Crippen LogP contribution in [0.25, 0.3) is 0 Å². The van der Waals surface area contributed by atoms with Crippen LogP contribution in [0, 0.1) is 36.5 Å². The van der Waals surface area contributed by atoms with E-state index in [1.807, 2.05) is 45.9 Å². The summed E-state index contributed by atoms with van der Waals surface area (Å²) in [6.07, 6.45) is 1.08. The number of ketones is 1. The van der Waals surface area contributed by atoms with Gasteiger partial charge in [-0.2, -0.15) is 0 Å². The van der Waals surface area contributed by atoms with Gasteiger partial charge in [-0.05, 0) is 37.3 Å². The molecule has 1 aromatic rings. The van der Waals surface area contributed by atoms with E-state index in [-0.39, 0.29) is 28.9 Å². The lowest BCUT2D eigenvalue weighted by atomic mass is 9.68. The standard InChI is InChI=1S/C19H21NO3/c1-10-5-6-12(11(2)7-10)20-16(22)14-15(17(20)23)19(4)9-18(14,3)8-13(19)21/h5-7,14-15H,8-9H2,1-4H3/t14-,15-,18+,19-/m0/s1. The average molecular weight is 311 g/mol. The van der Waals surface area contributed by atoms with Crippen LogP contribution in [0.1, 0.15) is 37.8 Å². The summed E-state index contributed by atoms with van der Waals surface area (Å²) >= 11 is 0. The van der Waals surface area contributed by atoms with Crippen molar-refractivity contribution in [2.75, 3.05) is 4.90 Å². The number of fused-ring (bicyclic) bond motifs is 5. The van der Waals surface area contributed by atoms with Crippen LogP contribution in [-0.2, 0) is 14.4 Å². The Hall–Kier alpha value is -1.97. The van der Waals surface area contributed by atoms with Crippen molar-refractivity contribution in [1.29, 1.82) is 0 Å². The molecule has 2 aliphatic carbocycles. The summed E-state index contributed by atoms with van der Waals surface area (Å²) in [5, 5.41) is 0. The number of carbonyl (C=O) groups excluding carboxylic acids is 3. The van der Waals surface area contributed by atoms with Gasteiger partial charge in [0.1, 0.15) is 5.78 Å². The summed E-state index contributed by atoms with van der Waals surface area (Å²) in [6, 6.07) is 5.74. The fourth-order valence-electron chi connectivity index (χ4n) is 5.38. The van der Waals surface area contributed by atoms with E-state index < -0.39 is 11.3 Å². The number of Topliss-reactive ketones (excluding diaryl/α,β-unsaturated/α-hetero) is 1. The summed E-state index contributed by atoms with van der Waals surface area (Å²) in [6.45, 7) is 7.78. The van der Waals surface area contributed by atoms with E-state index in [0.717, 1.165) is 11.1 Å². The van der Waals surface area contributed by atoms with Crippen molar-refractivity contribution in [2.24, 2.45) is 22.7 Å². The van der Waals surface area contributed by atoms with E-state index in [1.165, 1.54) is 4.90 Å². The molecule has 23 heavy (non-hydrogen) atoms. The van der Waals surface area contributed by atoms with Crippen LogP contribution in [0.2, 0.25) is 0 Å². The first-order valence-electron chi connectivity index (χ1n) is 8.17. The Bertz CT molecular complexity index is 783. The maximum atomic E-state index is 13.1. The molecule has 120 valence electrons. The highest BCUT2D eigenvalue weighted by Gasteiger charge is 2.74. The monoisotopic (exact) mass is 311 g/mol. The van der Waals surface area contributed by atoms with Gasteiger partial charge in [-0.15, -0.1) is 0 Å². The van der Waals surface area contributed by atoms with Crippen molar-refractivity contribution in [3.8, 4) is 0 Å². The molecule has 0 aromatic heterocycles. The van der Waals surface area contributed by atoms with Gasteiger partial charge in [0.2, 0.25) is 11.8 Å². The Kier molecular flexibility index (Phi) is 2.61. The molecule has 3 fully saturated rings. The maximum absolute atomic E-state index is 13.1. The Labute approximate surface area is 135 Å². The smallest absolute Gasteiger partial charge is 0.238 e. The van der Waals surface area contributed by atoms with E-state index in [4.69, 9.17) is 0 Å². The number of carbonyl (C=O) groups is 3. The molecule has 0 spiro atoms. The molecule has 2 saturated carbocycles. The van der Waals surface area contributed by atoms with Crippen LogP contribution >= 0.6 is 0 Å². The summed E-state index contributed by atoms with van der Waals surface area (Å²) in [5.74, 6) is -0.998. The molecule has 3 aliphatic rings. The van der Waals surface area contributed by atoms with Gasteiger partial charge in [-0.25, -0.2) is 4.90 Å². The molecule has 1 heterocycles. The molecule has 2 bridgehead atoms. The highest BCUT2D eigenvalue weighted by Crippen LogP contribution is 2.68. The zero-order valence-electron chi connectivity index (χ0n) is 14.0. The van der Waals surface area contributed by atoms with Gasteiger partial charge in [0.05, 0.1) is 17.5 Å². The van der Waals surface area contributed by atoms with Crippen LogP contribution in [-0.4, -0.2) is 17.6 Å². The first-order valence-corrected chi connectivity index (χ1v) is 8.17. The Balaban J connectivity index is 1.84. The molecule has 4 atom stereocenters. The third-order valence-corrected chi connectivity index (χ3v) is 6.31. The van der Waals surface area contributed by atoms with Crippen molar-refractivity contribution >= 4 is 23.3 Å². The Morgan fingerprint density at radius 1 is 1.04 bits per heavy atom. The summed E-state index contributed by atoms with van der Waals surface area (Å²) in [7, 11) is 0. The second kappa shape index (κ2) is 4.11. The lowest BCUT2D eigenvalue weighted by Crippen LogP contribution is -2.40. The van der Waals surface area contributed by atoms with Crippen molar-refractivity contribution in [3.63, 3.8) is 0 Å². The number of anilines is 1. The minimum atomic E-state index is -0.667. The number of nitrogens with zero attached hydrogens (tertiary/aromatic N) is 1. The molecule has 1 aromatic carbocycles. The number of rotatable bonds is 1. The number of amides is 2. The van der Waals surface area contributed by atoms with E-state index in [2.05, 4.69) is 0 Å². The predicted molar refractivity (Wildman–Crippen MR) is 85.8 cm³/mol. The number of benzene rings is 1. The largest absolute Gasteiger partial charge is 0.299 e. The highest BCUT2D eigenvalue weighted by atomic mass is 16.2. The van der Waals surface area contributed by atoms with E-state index in [0.29, 0.717) is 18.5 Å². The van der Waals surface area contributed by atoms with Gasteiger partial charge in [0, 0.05) is 11.8 Å². The molecule has 0 radical (unpaired) electrons. The van der Waals surface area contributed by atoms with Crippen LogP contribution in [0.4, 0.5) is 5.69 Å². The summed E-state index contributed by atoms with van der Waals surface area (Å²) < 4.78 is 0. The van der Waals surface area contributed by atoms with Crippen LogP contribution in [0.5, 0.6) is 0 Å². The van der Waals surface area contributed by atoms with Crippen LogP contribution < -0.4 is 4.90 Å². The van der Waals surface area contributed by atoms with Gasteiger partial charge in [-0.1, -0.05) is 31.5 Å². The second-order valence-corrected chi connectivity index (χ2v) is 8.11. The van der Waals surface area contributed by atoms with Gasteiger partial charge >= 0.3 is 0 Å². The second-order valence-electron chi connectivity index (χ2n) is 8.11. The molecule has 4 nitrogen and oxygen atoms in total. The molecular weight excluding hydrogens is 290 g/mol. The van der Waals surface area contributed by atoms with Crippen molar-refractivity contribution in [2.45, 2.75) is 40.5 Å². The summed E-state index contributed by atoms with van der Waals surface area (Å²) in [5.41, 5.74) is 1.65. The SMILES string of the molecule is Cc1ccc(N2C(=O)[C@@H]3[C@@H](C2=O)[C@@]2(C)C[C@@]3(C)CC2=O)c(C)c1. The molecule has 0 N–H and O–H groups in total. The predicted octanol–water partition coefficient (Wildman–Crippen LogP) is 2.80. The maximum Gasteiger partial charge on any atom is 0.238 e. The molecule has 0 unspecified atom stereocenters. The molecule has 4 rings (SSSR count). The van der Waals surface area contributed by atoms with Gasteiger partial charge in [0.25, 0.3) is 0 Å². The number of aryl methyl sites for hydroxylation is 2. The quantitative estimate of drug-likeness (QED) is 0.749. The third kappa shape index (κ3) is 1.59. The topological polar surface area (TPSA) is 54.5 Å². The van der Waals surface area contributed by atoms with E-state index >= 15 is 0 Å². The van der Waals surface area contributed by atoms with Crippen molar-refractivity contribution in [3.05, 3.63) is 29.3 Å². The minimum absolute atomic E-state index is 0.120. The first-order chi connectivity index (χ1) is 10.7. The molecule has 2 amide bonds. The Morgan fingerprint density at radius 2 is 1.70 bits per heavy atom. The zero-order valence-corrected chi connectivity index (χ0v) is 14.0. The highest BCUT2D eigenvalue weighted by molar-refractivity contribution is 6.25. The fourth-order valence-corrected chi connectivity index (χ4v) is 5.38. The summed E-state index contributed by atoms with van der Waals surface area (Å²) in [4.78, 5) is 39.9. The minimum Gasteiger partial charge on any atom is -0.299 e. The fraction of sp³-hybridized carbons (Fsp3) is 0.526. The van der Waals surface area contributed by atoms with E-state index in [1.54, 1.807) is 0 Å². The van der Waals surface area contributed by atoms with Gasteiger partial charge in [-0.3, -0.25) is 14.4 Å². The first kappa shape index (κ1) is 14.6. The molecule has 4 heteroatoms. The van der Waals surface area contributed by atoms with Gasteiger partial charge < -0.3 is 0 Å². The molecule has 1 aliphatic heterocycles. The average Bonchev–Trinajstić information content (AvgIpc) is 2.94. The number of imide groups is 1. The zero-order chi connectivity index (χ0) is 16.7. The van der Waals surface area contributed by atoms with Crippen molar-refractivity contribution < 1.29 is 14.4 Å². The molecule has 1 saturated heterocycles. The number of hydrogen-bond acceptors (Lipinski definition) is 3. The lowest BCUT2D eigenvalue weighted by Gasteiger charge is -2.30.